The molecule has 0 spiro atoms. The normalized spacial score (nSPS) is 10.0. The molecule has 0 heterocycles. The van der Waals surface area contributed by atoms with Crippen LogP contribution in [0.3, 0.4) is 0 Å². The van der Waals surface area contributed by atoms with Crippen LogP contribution >= 0.6 is 11.6 Å². The molecule has 2 rings (SSSR count). The average molecular weight is 334 g/mol. The first kappa shape index (κ1) is 16.8. The van der Waals surface area contributed by atoms with Crippen LogP contribution in [0, 0.1) is 0 Å². The molecule has 120 valence electrons. The number of nitrogens with two attached hydrogens (primary N) is 1. The van der Waals surface area contributed by atoms with Crippen molar-refractivity contribution in [2.24, 2.45) is 5.73 Å². The largest absolute Gasteiger partial charge is 0.494 e. The predicted octanol–water partition coefficient (Wildman–Crippen LogP) is 2.50. The summed E-state index contributed by atoms with van der Waals surface area (Å²) in [5.74, 6) is -0.220. The molecule has 4 N–H and O–H groups in total. The van der Waals surface area contributed by atoms with Crippen LogP contribution in [0.25, 0.3) is 0 Å². The molecule has 0 saturated heterocycles. The summed E-state index contributed by atoms with van der Waals surface area (Å²) in [6.45, 7) is -0.116. The number of ether oxygens (including phenoxy) is 1. The van der Waals surface area contributed by atoms with Crippen LogP contribution < -0.4 is 21.1 Å². The van der Waals surface area contributed by atoms with Gasteiger partial charge in [0.15, 0.2) is 0 Å². The molecule has 2 amide bonds. The summed E-state index contributed by atoms with van der Waals surface area (Å²) in [5, 5.41) is 5.83. The number of halogens is 1. The van der Waals surface area contributed by atoms with Gasteiger partial charge in [-0.15, -0.1) is 0 Å². The van der Waals surface area contributed by atoms with E-state index in [2.05, 4.69) is 10.6 Å². The number of anilines is 2. The quantitative estimate of drug-likeness (QED) is 0.783. The summed E-state index contributed by atoms with van der Waals surface area (Å²) < 4.78 is 5.24. The Morgan fingerprint density at radius 3 is 2.61 bits per heavy atom. The monoisotopic (exact) mass is 333 g/mol. The van der Waals surface area contributed by atoms with Crippen molar-refractivity contribution < 1.29 is 14.3 Å². The van der Waals surface area contributed by atoms with E-state index < -0.39 is 0 Å². The molecule has 2 aromatic carbocycles. The maximum Gasteiger partial charge on any atom is 0.255 e. The zero-order valence-corrected chi connectivity index (χ0v) is 13.2. The molecule has 6 nitrogen and oxygen atoms in total. The molecule has 7 heteroatoms. The smallest absolute Gasteiger partial charge is 0.255 e. The lowest BCUT2D eigenvalue weighted by Crippen LogP contribution is -2.21. The van der Waals surface area contributed by atoms with E-state index in [1.807, 2.05) is 0 Å². The van der Waals surface area contributed by atoms with Crippen molar-refractivity contribution in [3.8, 4) is 5.75 Å². The lowest BCUT2D eigenvalue weighted by atomic mass is 10.2. The van der Waals surface area contributed by atoms with Crippen LogP contribution in [0.1, 0.15) is 10.4 Å². The fourth-order valence-corrected chi connectivity index (χ4v) is 2.10. The minimum atomic E-state index is -0.317. The Morgan fingerprint density at radius 2 is 1.96 bits per heavy atom. The number of nitrogens with one attached hydrogen (secondary N) is 2. The van der Waals surface area contributed by atoms with Gasteiger partial charge in [-0.3, -0.25) is 9.59 Å². The van der Waals surface area contributed by atoms with Gasteiger partial charge in [0, 0.05) is 22.3 Å². The van der Waals surface area contributed by atoms with Gasteiger partial charge in [-0.05, 0) is 30.3 Å². The number of hydrogen-bond donors (Lipinski definition) is 3. The maximum atomic E-state index is 12.2. The minimum Gasteiger partial charge on any atom is -0.494 e. The van der Waals surface area contributed by atoms with Crippen LogP contribution in [0.15, 0.2) is 42.5 Å². The van der Waals surface area contributed by atoms with E-state index in [1.165, 1.54) is 7.11 Å². The highest BCUT2D eigenvalue weighted by Crippen LogP contribution is 2.28. The summed E-state index contributed by atoms with van der Waals surface area (Å²) in [6.07, 6.45) is 0. The van der Waals surface area contributed by atoms with Gasteiger partial charge in [0.2, 0.25) is 5.91 Å². The Morgan fingerprint density at radius 1 is 1.17 bits per heavy atom. The van der Waals surface area contributed by atoms with E-state index in [0.29, 0.717) is 27.7 Å². The van der Waals surface area contributed by atoms with Gasteiger partial charge in [0.05, 0.1) is 19.3 Å². The second-order valence-electron chi connectivity index (χ2n) is 4.63. The molecule has 23 heavy (non-hydrogen) atoms. The van der Waals surface area contributed by atoms with Crippen LogP contribution in [-0.4, -0.2) is 25.5 Å². The number of carbonyl (C=O) groups is 2. The van der Waals surface area contributed by atoms with E-state index in [-0.39, 0.29) is 18.4 Å². The van der Waals surface area contributed by atoms with Gasteiger partial charge in [-0.2, -0.15) is 0 Å². The number of benzene rings is 2. The molecular weight excluding hydrogens is 318 g/mol. The Balaban J connectivity index is 2.19. The van der Waals surface area contributed by atoms with E-state index in [4.69, 9.17) is 22.1 Å². The van der Waals surface area contributed by atoms with Crippen LogP contribution in [-0.2, 0) is 4.79 Å². The fourth-order valence-electron chi connectivity index (χ4n) is 1.91. The Hall–Kier alpha value is -2.57. The van der Waals surface area contributed by atoms with Crippen molar-refractivity contribution in [2.75, 3.05) is 24.3 Å². The average Bonchev–Trinajstić information content (AvgIpc) is 2.55. The number of rotatable bonds is 5. The number of amides is 2. The van der Waals surface area contributed by atoms with Crippen molar-refractivity contribution in [1.82, 2.24) is 0 Å². The van der Waals surface area contributed by atoms with Gasteiger partial charge in [0.1, 0.15) is 5.75 Å². The van der Waals surface area contributed by atoms with Crippen molar-refractivity contribution in [3.63, 3.8) is 0 Å². The van der Waals surface area contributed by atoms with E-state index in [9.17, 15) is 9.59 Å². The molecule has 0 unspecified atom stereocenters. The Kier molecular flexibility index (Phi) is 5.56. The summed E-state index contributed by atoms with van der Waals surface area (Å²) >= 11 is 5.88. The van der Waals surface area contributed by atoms with Gasteiger partial charge in [0.25, 0.3) is 5.91 Å². The van der Waals surface area contributed by atoms with Crippen molar-refractivity contribution >= 4 is 34.8 Å². The fraction of sp³-hybridized carbons (Fsp3) is 0.125. The molecule has 0 aliphatic heterocycles. The first-order chi connectivity index (χ1) is 11.0. The number of carbonyl (C=O) groups excluding carboxylic acids is 2. The second-order valence-corrected chi connectivity index (χ2v) is 5.07. The summed E-state index contributed by atoms with van der Waals surface area (Å²) in [7, 11) is 1.47. The molecule has 0 saturated carbocycles. The first-order valence-corrected chi connectivity index (χ1v) is 7.16. The topological polar surface area (TPSA) is 93.4 Å². The Bertz CT molecular complexity index is 734. The number of methoxy groups -OCH3 is 1. The van der Waals surface area contributed by atoms with Crippen LogP contribution in [0.2, 0.25) is 5.02 Å². The molecular formula is C16H16ClN3O3. The molecule has 0 aliphatic rings. The number of hydrogen-bond acceptors (Lipinski definition) is 4. The Labute approximate surface area is 138 Å². The lowest BCUT2D eigenvalue weighted by molar-refractivity contribution is -0.114. The zero-order chi connectivity index (χ0) is 16.8. The zero-order valence-electron chi connectivity index (χ0n) is 12.4. The lowest BCUT2D eigenvalue weighted by Gasteiger charge is -2.12. The molecule has 0 aliphatic carbocycles. The SMILES string of the molecule is COc1cc(NC(=O)CN)ccc1NC(=O)c1cccc(Cl)c1. The van der Waals surface area contributed by atoms with Gasteiger partial charge in [-0.1, -0.05) is 17.7 Å². The highest BCUT2D eigenvalue weighted by Gasteiger charge is 2.11. The molecule has 0 fully saturated rings. The van der Waals surface area contributed by atoms with Crippen molar-refractivity contribution in [2.45, 2.75) is 0 Å². The summed E-state index contributed by atoms with van der Waals surface area (Å²) in [4.78, 5) is 23.5. The summed E-state index contributed by atoms with van der Waals surface area (Å²) in [5.41, 5.74) is 6.68. The molecule has 0 aromatic heterocycles. The molecule has 0 bridgehead atoms. The van der Waals surface area contributed by atoms with Gasteiger partial charge < -0.3 is 21.1 Å². The second kappa shape index (κ2) is 7.62. The third-order valence-corrected chi connectivity index (χ3v) is 3.24. The van der Waals surface area contributed by atoms with Crippen molar-refractivity contribution in [1.29, 1.82) is 0 Å². The van der Waals surface area contributed by atoms with E-state index in [0.717, 1.165) is 0 Å². The molecule has 2 aromatic rings. The van der Waals surface area contributed by atoms with Gasteiger partial charge in [-0.25, -0.2) is 0 Å². The minimum absolute atomic E-state index is 0.116. The van der Waals surface area contributed by atoms with Crippen LogP contribution in [0.4, 0.5) is 11.4 Å². The van der Waals surface area contributed by atoms with Crippen molar-refractivity contribution in [3.05, 3.63) is 53.1 Å². The van der Waals surface area contributed by atoms with E-state index >= 15 is 0 Å². The highest BCUT2D eigenvalue weighted by atomic mass is 35.5. The third-order valence-electron chi connectivity index (χ3n) is 3.01. The van der Waals surface area contributed by atoms with Gasteiger partial charge >= 0.3 is 0 Å². The van der Waals surface area contributed by atoms with Crippen LogP contribution in [0.5, 0.6) is 5.75 Å². The molecule has 0 atom stereocenters. The maximum absolute atomic E-state index is 12.2. The highest BCUT2D eigenvalue weighted by molar-refractivity contribution is 6.31. The third kappa shape index (κ3) is 4.45. The standard InChI is InChI=1S/C16H16ClN3O3/c1-23-14-8-12(19-15(21)9-18)5-6-13(14)20-16(22)10-3-2-4-11(17)7-10/h2-8H,9,18H2,1H3,(H,19,21)(H,20,22). The predicted molar refractivity (Wildman–Crippen MR) is 90.1 cm³/mol. The summed E-state index contributed by atoms with van der Waals surface area (Å²) in [6, 6.07) is 11.5. The van der Waals surface area contributed by atoms with E-state index in [1.54, 1.807) is 42.5 Å². The molecule has 0 radical (unpaired) electrons. The first-order valence-electron chi connectivity index (χ1n) is 6.78.